The van der Waals surface area contributed by atoms with Gasteiger partial charge in [-0.2, -0.15) is 5.10 Å². The van der Waals surface area contributed by atoms with Crippen molar-refractivity contribution in [2.24, 2.45) is 0 Å². The second-order valence-corrected chi connectivity index (χ2v) is 5.27. The standard InChI is InChI=1S/C16H12ClN3O3/c17-10-2-4-11(5-3-10)18-16(23)13-8-12(19-20-13)9-1-6-14(21)15(22)7-9/h1-8,21-22H,(H,18,23)(H,19,20). The van der Waals surface area contributed by atoms with Crippen LogP contribution in [0.3, 0.4) is 0 Å². The number of phenolic OH excluding ortho intramolecular Hbond substituents is 2. The molecule has 23 heavy (non-hydrogen) atoms. The summed E-state index contributed by atoms with van der Waals surface area (Å²) < 4.78 is 0. The van der Waals surface area contributed by atoms with E-state index in [9.17, 15) is 15.0 Å². The van der Waals surface area contributed by atoms with Crippen molar-refractivity contribution in [1.29, 1.82) is 0 Å². The van der Waals surface area contributed by atoms with E-state index in [0.29, 0.717) is 22.0 Å². The van der Waals surface area contributed by atoms with E-state index >= 15 is 0 Å². The number of aromatic amines is 1. The van der Waals surface area contributed by atoms with Crippen LogP contribution in [-0.4, -0.2) is 26.3 Å². The van der Waals surface area contributed by atoms with Gasteiger partial charge in [-0.1, -0.05) is 11.6 Å². The third-order valence-corrected chi connectivity index (χ3v) is 3.45. The molecule has 4 N–H and O–H groups in total. The zero-order chi connectivity index (χ0) is 16.4. The normalized spacial score (nSPS) is 10.5. The second-order valence-electron chi connectivity index (χ2n) is 4.83. The van der Waals surface area contributed by atoms with Gasteiger partial charge in [-0.25, -0.2) is 0 Å². The Hall–Kier alpha value is -2.99. The minimum atomic E-state index is -0.353. The fraction of sp³-hybridized carbons (Fsp3) is 0. The lowest BCUT2D eigenvalue weighted by molar-refractivity contribution is 0.102. The van der Waals surface area contributed by atoms with Gasteiger partial charge in [0.25, 0.3) is 5.91 Å². The molecule has 1 heterocycles. The molecule has 0 atom stereocenters. The molecule has 0 fully saturated rings. The van der Waals surface area contributed by atoms with Crippen LogP contribution in [0.2, 0.25) is 5.02 Å². The number of aromatic hydroxyl groups is 2. The van der Waals surface area contributed by atoms with E-state index in [1.807, 2.05) is 0 Å². The number of anilines is 1. The summed E-state index contributed by atoms with van der Waals surface area (Å²) in [6.07, 6.45) is 0. The molecule has 0 aliphatic carbocycles. The number of nitrogens with one attached hydrogen (secondary N) is 2. The topological polar surface area (TPSA) is 98.2 Å². The van der Waals surface area contributed by atoms with Gasteiger partial charge in [-0.3, -0.25) is 9.89 Å². The number of halogens is 1. The van der Waals surface area contributed by atoms with E-state index in [-0.39, 0.29) is 23.1 Å². The van der Waals surface area contributed by atoms with Crippen molar-refractivity contribution in [3.63, 3.8) is 0 Å². The van der Waals surface area contributed by atoms with Gasteiger partial charge in [0, 0.05) is 16.3 Å². The Labute approximate surface area is 136 Å². The molecule has 0 bridgehead atoms. The fourth-order valence-electron chi connectivity index (χ4n) is 2.00. The highest BCUT2D eigenvalue weighted by molar-refractivity contribution is 6.30. The number of phenols is 2. The number of amides is 1. The number of carbonyl (C=O) groups excluding carboxylic acids is 1. The first-order valence-electron chi connectivity index (χ1n) is 6.67. The Bertz CT molecular complexity index is 859. The molecule has 0 aliphatic heterocycles. The van der Waals surface area contributed by atoms with Crippen LogP contribution in [0.4, 0.5) is 5.69 Å². The maximum atomic E-state index is 12.2. The number of hydrogen-bond acceptors (Lipinski definition) is 4. The zero-order valence-electron chi connectivity index (χ0n) is 11.7. The van der Waals surface area contributed by atoms with Crippen LogP contribution >= 0.6 is 11.6 Å². The second kappa shape index (κ2) is 6.02. The van der Waals surface area contributed by atoms with Gasteiger partial charge < -0.3 is 15.5 Å². The zero-order valence-corrected chi connectivity index (χ0v) is 12.5. The molecule has 1 amide bonds. The van der Waals surface area contributed by atoms with Gasteiger partial charge in [-0.05, 0) is 48.5 Å². The molecule has 0 radical (unpaired) electrons. The summed E-state index contributed by atoms with van der Waals surface area (Å²) in [5.74, 6) is -0.822. The Balaban J connectivity index is 1.79. The number of hydrogen-bond donors (Lipinski definition) is 4. The Kier molecular flexibility index (Phi) is 3.91. The molecule has 3 aromatic rings. The summed E-state index contributed by atoms with van der Waals surface area (Å²) in [7, 11) is 0. The SMILES string of the molecule is O=C(Nc1ccc(Cl)cc1)c1cc(-c2ccc(O)c(O)c2)n[nH]1. The van der Waals surface area contributed by atoms with Crippen molar-refractivity contribution in [2.45, 2.75) is 0 Å². The molecular weight excluding hydrogens is 318 g/mol. The lowest BCUT2D eigenvalue weighted by atomic mass is 10.1. The Morgan fingerprint density at radius 1 is 1.04 bits per heavy atom. The highest BCUT2D eigenvalue weighted by Gasteiger charge is 2.12. The summed E-state index contributed by atoms with van der Waals surface area (Å²) in [5.41, 5.74) is 1.92. The van der Waals surface area contributed by atoms with Crippen LogP contribution in [0.5, 0.6) is 11.5 Å². The molecular formula is C16H12ClN3O3. The lowest BCUT2D eigenvalue weighted by Crippen LogP contribution is -2.12. The number of H-pyrrole nitrogens is 1. The quantitative estimate of drug-likeness (QED) is 0.553. The third-order valence-electron chi connectivity index (χ3n) is 3.20. The van der Waals surface area contributed by atoms with Crippen LogP contribution in [0.15, 0.2) is 48.5 Å². The number of aromatic nitrogens is 2. The minimum Gasteiger partial charge on any atom is -0.504 e. The van der Waals surface area contributed by atoms with E-state index < -0.39 is 0 Å². The molecule has 1 aromatic heterocycles. The van der Waals surface area contributed by atoms with Gasteiger partial charge in [0.1, 0.15) is 5.69 Å². The highest BCUT2D eigenvalue weighted by Crippen LogP contribution is 2.29. The third kappa shape index (κ3) is 3.27. The highest BCUT2D eigenvalue weighted by atomic mass is 35.5. The molecule has 0 spiro atoms. The monoisotopic (exact) mass is 329 g/mol. The van der Waals surface area contributed by atoms with Crippen molar-refractivity contribution in [1.82, 2.24) is 10.2 Å². The fourth-order valence-corrected chi connectivity index (χ4v) is 2.13. The maximum Gasteiger partial charge on any atom is 0.273 e. The average molecular weight is 330 g/mol. The van der Waals surface area contributed by atoms with Gasteiger partial charge in [0.05, 0.1) is 5.69 Å². The smallest absolute Gasteiger partial charge is 0.273 e. The summed E-state index contributed by atoms with van der Waals surface area (Å²) in [6.45, 7) is 0. The van der Waals surface area contributed by atoms with Crippen molar-refractivity contribution < 1.29 is 15.0 Å². The van der Waals surface area contributed by atoms with Crippen LogP contribution in [0.25, 0.3) is 11.3 Å². The van der Waals surface area contributed by atoms with Gasteiger partial charge >= 0.3 is 0 Å². The summed E-state index contributed by atoms with van der Waals surface area (Å²) in [6, 6.07) is 12.6. The Morgan fingerprint density at radius 3 is 2.48 bits per heavy atom. The number of carbonyl (C=O) groups is 1. The van der Waals surface area contributed by atoms with Crippen molar-refractivity contribution in [2.75, 3.05) is 5.32 Å². The van der Waals surface area contributed by atoms with Crippen LogP contribution in [-0.2, 0) is 0 Å². The average Bonchev–Trinajstić information content (AvgIpc) is 3.02. The molecule has 0 unspecified atom stereocenters. The largest absolute Gasteiger partial charge is 0.504 e. The van der Waals surface area contributed by atoms with Gasteiger partial charge in [0.15, 0.2) is 11.5 Å². The number of rotatable bonds is 3. The van der Waals surface area contributed by atoms with Crippen LogP contribution < -0.4 is 5.32 Å². The van der Waals surface area contributed by atoms with Crippen LogP contribution in [0.1, 0.15) is 10.5 Å². The van der Waals surface area contributed by atoms with Crippen molar-refractivity contribution >= 4 is 23.2 Å². The summed E-state index contributed by atoms with van der Waals surface area (Å²) in [4.78, 5) is 12.2. The maximum absolute atomic E-state index is 12.2. The first kappa shape index (κ1) is 14.9. The van der Waals surface area contributed by atoms with Crippen molar-refractivity contribution in [3.8, 4) is 22.8 Å². The number of benzene rings is 2. The minimum absolute atomic E-state index is 0.218. The van der Waals surface area contributed by atoms with Gasteiger partial charge in [-0.15, -0.1) is 0 Å². The molecule has 6 nitrogen and oxygen atoms in total. The summed E-state index contributed by atoms with van der Waals surface area (Å²) in [5, 5.41) is 28.8. The molecule has 7 heteroatoms. The summed E-state index contributed by atoms with van der Waals surface area (Å²) >= 11 is 5.79. The number of nitrogens with zero attached hydrogens (tertiary/aromatic N) is 1. The predicted octanol–water partition coefficient (Wildman–Crippen LogP) is 3.39. The van der Waals surface area contributed by atoms with Crippen molar-refractivity contribution in [3.05, 3.63) is 59.2 Å². The lowest BCUT2D eigenvalue weighted by Gasteiger charge is -2.02. The molecule has 116 valence electrons. The van der Waals surface area contributed by atoms with E-state index in [0.717, 1.165) is 0 Å². The van der Waals surface area contributed by atoms with E-state index in [1.165, 1.54) is 12.1 Å². The van der Waals surface area contributed by atoms with E-state index in [1.54, 1.807) is 36.4 Å². The van der Waals surface area contributed by atoms with Gasteiger partial charge in [0.2, 0.25) is 0 Å². The van der Waals surface area contributed by atoms with Crippen LogP contribution in [0, 0.1) is 0 Å². The molecule has 0 saturated carbocycles. The van der Waals surface area contributed by atoms with E-state index in [4.69, 9.17) is 11.6 Å². The predicted molar refractivity (Wildman–Crippen MR) is 86.8 cm³/mol. The first-order valence-corrected chi connectivity index (χ1v) is 7.05. The molecule has 0 saturated heterocycles. The van der Waals surface area contributed by atoms with E-state index in [2.05, 4.69) is 15.5 Å². The first-order chi connectivity index (χ1) is 11.0. The Morgan fingerprint density at radius 2 is 1.78 bits per heavy atom. The molecule has 0 aliphatic rings. The molecule has 3 rings (SSSR count). The molecule has 2 aromatic carbocycles.